The molecule has 112 valence electrons. The molecule has 2 aromatic rings. The molecule has 1 unspecified atom stereocenters. The van der Waals surface area contributed by atoms with Gasteiger partial charge in [-0.2, -0.15) is 0 Å². The molecule has 0 bridgehead atoms. The molecule has 0 aromatic heterocycles. The zero-order valence-corrected chi connectivity index (χ0v) is 14.4. The van der Waals surface area contributed by atoms with E-state index in [1.807, 2.05) is 12.1 Å². The molecule has 0 fully saturated rings. The molecule has 1 atom stereocenters. The van der Waals surface area contributed by atoms with Gasteiger partial charge in [0.25, 0.3) is 0 Å². The Labute approximate surface area is 135 Å². The summed E-state index contributed by atoms with van der Waals surface area (Å²) in [6.07, 6.45) is 1.03. The Balaban J connectivity index is 2.05. The lowest BCUT2D eigenvalue weighted by atomic mass is 10.1. The van der Waals surface area contributed by atoms with E-state index in [2.05, 4.69) is 72.3 Å². The van der Waals surface area contributed by atoms with Crippen molar-refractivity contribution >= 4 is 21.6 Å². The molecular weight excluding hydrogens is 326 g/mol. The maximum absolute atomic E-state index is 5.62. The predicted molar refractivity (Wildman–Crippen MR) is 93.1 cm³/mol. The first kappa shape index (κ1) is 15.9. The highest BCUT2D eigenvalue weighted by Gasteiger charge is 2.08. The minimum Gasteiger partial charge on any atom is -0.494 e. The molecule has 2 rings (SSSR count). The average molecular weight is 348 g/mol. The van der Waals surface area contributed by atoms with Crippen LogP contribution in [0, 0.1) is 6.92 Å². The summed E-state index contributed by atoms with van der Waals surface area (Å²) < 4.78 is 6.70. The Morgan fingerprint density at radius 3 is 2.52 bits per heavy atom. The summed E-state index contributed by atoms with van der Waals surface area (Å²) in [5.74, 6) is 0.935. The first-order chi connectivity index (χ1) is 10.1. The summed E-state index contributed by atoms with van der Waals surface area (Å²) in [6.45, 7) is 7.14. The SMILES string of the molecule is CCCOc1ccc(C(C)Nc2cc(C)ccc2Br)cc1. The third kappa shape index (κ3) is 4.50. The van der Waals surface area contributed by atoms with Gasteiger partial charge in [-0.15, -0.1) is 0 Å². The number of rotatable bonds is 6. The van der Waals surface area contributed by atoms with E-state index in [0.717, 1.165) is 28.9 Å². The van der Waals surface area contributed by atoms with Gasteiger partial charge in [-0.3, -0.25) is 0 Å². The molecule has 1 N–H and O–H groups in total. The zero-order chi connectivity index (χ0) is 15.2. The molecule has 0 aliphatic rings. The van der Waals surface area contributed by atoms with Gasteiger partial charge in [0.1, 0.15) is 5.75 Å². The first-order valence-electron chi connectivity index (χ1n) is 7.35. The van der Waals surface area contributed by atoms with Gasteiger partial charge in [0, 0.05) is 16.2 Å². The number of aryl methyl sites for hydroxylation is 1. The van der Waals surface area contributed by atoms with Crippen LogP contribution in [-0.2, 0) is 0 Å². The summed E-state index contributed by atoms with van der Waals surface area (Å²) in [5.41, 5.74) is 3.61. The van der Waals surface area contributed by atoms with Gasteiger partial charge in [0.2, 0.25) is 0 Å². The maximum Gasteiger partial charge on any atom is 0.119 e. The molecule has 2 nitrogen and oxygen atoms in total. The maximum atomic E-state index is 5.62. The van der Waals surface area contributed by atoms with Crippen molar-refractivity contribution in [1.82, 2.24) is 0 Å². The van der Waals surface area contributed by atoms with Gasteiger partial charge in [-0.25, -0.2) is 0 Å². The van der Waals surface area contributed by atoms with E-state index in [9.17, 15) is 0 Å². The van der Waals surface area contributed by atoms with Crippen molar-refractivity contribution in [1.29, 1.82) is 0 Å². The summed E-state index contributed by atoms with van der Waals surface area (Å²) in [4.78, 5) is 0. The van der Waals surface area contributed by atoms with Gasteiger partial charge in [0.15, 0.2) is 0 Å². The molecule has 0 spiro atoms. The lowest BCUT2D eigenvalue weighted by Gasteiger charge is -2.18. The van der Waals surface area contributed by atoms with Crippen molar-refractivity contribution in [2.45, 2.75) is 33.2 Å². The third-order valence-corrected chi connectivity index (χ3v) is 4.04. The van der Waals surface area contributed by atoms with Crippen LogP contribution < -0.4 is 10.1 Å². The van der Waals surface area contributed by atoms with Gasteiger partial charge in [0.05, 0.1) is 6.61 Å². The monoisotopic (exact) mass is 347 g/mol. The molecular formula is C18H22BrNO. The van der Waals surface area contributed by atoms with Crippen LogP contribution in [0.3, 0.4) is 0 Å². The minimum atomic E-state index is 0.239. The van der Waals surface area contributed by atoms with Crippen molar-refractivity contribution in [3.63, 3.8) is 0 Å². The second-order valence-corrected chi connectivity index (χ2v) is 6.12. The molecule has 21 heavy (non-hydrogen) atoms. The standard InChI is InChI=1S/C18H22BrNO/c1-4-11-21-16-8-6-15(7-9-16)14(3)20-18-12-13(2)5-10-17(18)19/h5-10,12,14,20H,4,11H2,1-3H3. The normalized spacial score (nSPS) is 12.0. The molecule has 0 aliphatic carbocycles. The van der Waals surface area contributed by atoms with Gasteiger partial charge < -0.3 is 10.1 Å². The van der Waals surface area contributed by atoms with Crippen molar-refractivity contribution < 1.29 is 4.74 Å². The lowest BCUT2D eigenvalue weighted by molar-refractivity contribution is 0.317. The number of hydrogen-bond donors (Lipinski definition) is 1. The smallest absolute Gasteiger partial charge is 0.119 e. The van der Waals surface area contributed by atoms with E-state index < -0.39 is 0 Å². The van der Waals surface area contributed by atoms with E-state index in [1.54, 1.807) is 0 Å². The second kappa shape index (κ2) is 7.51. The first-order valence-corrected chi connectivity index (χ1v) is 8.15. The van der Waals surface area contributed by atoms with Crippen LogP contribution in [0.25, 0.3) is 0 Å². The fourth-order valence-corrected chi connectivity index (χ4v) is 2.50. The predicted octanol–water partition coefficient (Wildman–Crippen LogP) is 5.72. The summed E-state index contributed by atoms with van der Waals surface area (Å²) in [7, 11) is 0. The molecule has 0 aliphatic heterocycles. The highest BCUT2D eigenvalue weighted by molar-refractivity contribution is 9.10. The van der Waals surface area contributed by atoms with Crippen molar-refractivity contribution in [3.05, 3.63) is 58.1 Å². The summed E-state index contributed by atoms with van der Waals surface area (Å²) >= 11 is 3.59. The Morgan fingerprint density at radius 1 is 1.14 bits per heavy atom. The van der Waals surface area contributed by atoms with Crippen molar-refractivity contribution in [2.75, 3.05) is 11.9 Å². The Hall–Kier alpha value is -1.48. The number of benzene rings is 2. The lowest BCUT2D eigenvalue weighted by Crippen LogP contribution is -2.07. The van der Waals surface area contributed by atoms with E-state index in [0.29, 0.717) is 0 Å². The number of ether oxygens (including phenoxy) is 1. The van der Waals surface area contributed by atoms with Crippen LogP contribution in [0.15, 0.2) is 46.9 Å². The van der Waals surface area contributed by atoms with E-state index >= 15 is 0 Å². The van der Waals surface area contributed by atoms with Gasteiger partial charge in [-0.05, 0) is 71.6 Å². The fourth-order valence-electron chi connectivity index (χ4n) is 2.14. The molecule has 0 amide bonds. The minimum absolute atomic E-state index is 0.239. The van der Waals surface area contributed by atoms with Gasteiger partial charge in [-0.1, -0.05) is 25.1 Å². The van der Waals surface area contributed by atoms with E-state index in [4.69, 9.17) is 4.74 Å². The Morgan fingerprint density at radius 2 is 1.86 bits per heavy atom. The van der Waals surface area contributed by atoms with Crippen LogP contribution in [0.2, 0.25) is 0 Å². The second-order valence-electron chi connectivity index (χ2n) is 5.27. The average Bonchev–Trinajstić information content (AvgIpc) is 2.49. The van der Waals surface area contributed by atoms with Gasteiger partial charge >= 0.3 is 0 Å². The van der Waals surface area contributed by atoms with Crippen LogP contribution in [0.4, 0.5) is 5.69 Å². The molecule has 3 heteroatoms. The molecule has 0 radical (unpaired) electrons. The summed E-state index contributed by atoms with van der Waals surface area (Å²) in [6, 6.07) is 14.9. The van der Waals surface area contributed by atoms with Crippen LogP contribution in [0.1, 0.15) is 37.4 Å². The highest BCUT2D eigenvalue weighted by atomic mass is 79.9. The Bertz CT molecular complexity index is 580. The van der Waals surface area contributed by atoms with Crippen LogP contribution in [0.5, 0.6) is 5.75 Å². The largest absolute Gasteiger partial charge is 0.494 e. The summed E-state index contributed by atoms with van der Waals surface area (Å²) in [5, 5.41) is 3.54. The van der Waals surface area contributed by atoms with Crippen molar-refractivity contribution in [2.24, 2.45) is 0 Å². The quantitative estimate of drug-likeness (QED) is 0.721. The van der Waals surface area contributed by atoms with E-state index in [1.165, 1.54) is 11.1 Å². The number of nitrogens with one attached hydrogen (secondary N) is 1. The zero-order valence-electron chi connectivity index (χ0n) is 12.8. The number of anilines is 1. The highest BCUT2D eigenvalue weighted by Crippen LogP contribution is 2.28. The van der Waals surface area contributed by atoms with E-state index in [-0.39, 0.29) is 6.04 Å². The Kier molecular flexibility index (Phi) is 5.68. The van der Waals surface area contributed by atoms with Crippen LogP contribution in [-0.4, -0.2) is 6.61 Å². The van der Waals surface area contributed by atoms with Crippen molar-refractivity contribution in [3.8, 4) is 5.75 Å². The third-order valence-electron chi connectivity index (χ3n) is 3.35. The molecule has 0 saturated heterocycles. The topological polar surface area (TPSA) is 21.3 Å². The molecule has 0 saturated carbocycles. The van der Waals surface area contributed by atoms with Crippen LogP contribution >= 0.6 is 15.9 Å². The fraction of sp³-hybridized carbons (Fsp3) is 0.333. The number of hydrogen-bond acceptors (Lipinski definition) is 2. The molecule has 0 heterocycles. The molecule has 2 aromatic carbocycles. The number of halogens is 1.